The van der Waals surface area contributed by atoms with Gasteiger partial charge in [-0.1, -0.05) is 97.1 Å². The molecular formula is C40H32ClN3O4. The average Bonchev–Trinajstić information content (AvgIpc) is 3.14. The van der Waals surface area contributed by atoms with Gasteiger partial charge in [-0.05, 0) is 65.0 Å². The number of aldehydes is 1. The number of carbonyl (C=O) groups excluding carboxylic acids is 2. The normalized spacial score (nSPS) is 10.7. The van der Waals surface area contributed by atoms with Gasteiger partial charge in [-0.15, -0.1) is 0 Å². The number of anilines is 1. The van der Waals surface area contributed by atoms with Crippen molar-refractivity contribution in [2.24, 2.45) is 0 Å². The maximum atomic E-state index is 14.6. The monoisotopic (exact) mass is 653 g/mol. The summed E-state index contributed by atoms with van der Waals surface area (Å²) in [5.74, 6) is 0.720. The Morgan fingerprint density at radius 2 is 1.42 bits per heavy atom. The molecule has 0 bridgehead atoms. The van der Waals surface area contributed by atoms with E-state index in [1.165, 1.54) is 0 Å². The molecule has 0 fully saturated rings. The number of amides is 1. The Bertz CT molecular complexity index is 2000. The van der Waals surface area contributed by atoms with Gasteiger partial charge in [-0.3, -0.25) is 9.59 Å². The van der Waals surface area contributed by atoms with Gasteiger partial charge in [0.2, 0.25) is 5.28 Å². The molecule has 7 nitrogen and oxygen atoms in total. The van der Waals surface area contributed by atoms with Gasteiger partial charge in [-0.2, -0.15) is 0 Å². The van der Waals surface area contributed by atoms with E-state index in [1.54, 1.807) is 41.4 Å². The summed E-state index contributed by atoms with van der Waals surface area (Å²) in [6, 6.07) is 39.7. The number of aromatic nitrogens is 2. The molecule has 0 unspecified atom stereocenters. The molecule has 1 heterocycles. The number of ether oxygens (including phenoxy) is 2. The molecule has 1 aromatic heterocycles. The Morgan fingerprint density at radius 1 is 0.771 bits per heavy atom. The fraction of sp³-hybridized carbons (Fsp3) is 0.100. The summed E-state index contributed by atoms with van der Waals surface area (Å²) in [7, 11) is 0. The van der Waals surface area contributed by atoms with Crippen molar-refractivity contribution in [1.29, 1.82) is 0 Å². The lowest BCUT2D eigenvalue weighted by Gasteiger charge is -2.25. The number of hydrogen-bond donors (Lipinski definition) is 0. The zero-order chi connectivity index (χ0) is 33.3. The van der Waals surface area contributed by atoms with Crippen LogP contribution in [0, 0.1) is 6.92 Å². The molecule has 6 aromatic rings. The van der Waals surface area contributed by atoms with Crippen molar-refractivity contribution in [1.82, 2.24) is 9.97 Å². The van der Waals surface area contributed by atoms with E-state index in [0.717, 1.165) is 34.1 Å². The minimum absolute atomic E-state index is 0.162. The first-order chi connectivity index (χ1) is 23.5. The quantitative estimate of drug-likeness (QED) is 0.0969. The van der Waals surface area contributed by atoms with Crippen molar-refractivity contribution in [3.05, 3.63) is 172 Å². The first kappa shape index (κ1) is 32.2. The summed E-state index contributed by atoms with van der Waals surface area (Å²) in [5.41, 5.74) is 6.89. The first-order valence-corrected chi connectivity index (χ1v) is 15.8. The number of aryl methyl sites for hydroxylation is 1. The van der Waals surface area contributed by atoms with Gasteiger partial charge >= 0.3 is 0 Å². The summed E-state index contributed by atoms with van der Waals surface area (Å²) in [5, 5.41) is 0.162. The van der Waals surface area contributed by atoms with Crippen LogP contribution in [0.25, 0.3) is 11.3 Å². The first-order valence-electron chi connectivity index (χ1n) is 15.4. The standard InChI is InChI=1S/C40H32ClN3O4/c1-28-23-42-40(41)43-38(28)33-16-18-34(19-17-33)44(24-29-12-14-30(25-45)15-13-29)39(46)36-21-20-35(47-26-31-8-4-2-5-9-31)22-37(36)48-27-32-10-6-3-7-11-32/h2-23,25H,24,26-27H2,1H3. The zero-order valence-electron chi connectivity index (χ0n) is 26.3. The largest absolute Gasteiger partial charge is 0.489 e. The minimum atomic E-state index is -0.263. The Balaban J connectivity index is 1.35. The third-order valence-corrected chi connectivity index (χ3v) is 7.95. The molecule has 0 aliphatic heterocycles. The summed E-state index contributed by atoms with van der Waals surface area (Å²) < 4.78 is 12.4. The number of carbonyl (C=O) groups is 2. The van der Waals surface area contributed by atoms with Crippen molar-refractivity contribution in [3.63, 3.8) is 0 Å². The molecular weight excluding hydrogens is 622 g/mol. The molecule has 0 saturated heterocycles. The van der Waals surface area contributed by atoms with Crippen LogP contribution in [0.15, 0.2) is 134 Å². The molecule has 48 heavy (non-hydrogen) atoms. The molecule has 0 aliphatic rings. The van der Waals surface area contributed by atoms with E-state index in [0.29, 0.717) is 40.6 Å². The van der Waals surface area contributed by atoms with Crippen molar-refractivity contribution < 1.29 is 19.1 Å². The fourth-order valence-electron chi connectivity index (χ4n) is 5.19. The molecule has 0 radical (unpaired) electrons. The molecule has 0 aliphatic carbocycles. The Morgan fingerprint density at radius 3 is 2.06 bits per heavy atom. The van der Waals surface area contributed by atoms with Gasteiger partial charge in [0.25, 0.3) is 5.91 Å². The van der Waals surface area contributed by atoms with Gasteiger partial charge in [0.1, 0.15) is 31.0 Å². The second kappa shape index (κ2) is 15.2. The highest BCUT2D eigenvalue weighted by Gasteiger charge is 2.23. The van der Waals surface area contributed by atoms with Crippen LogP contribution in [-0.2, 0) is 19.8 Å². The highest BCUT2D eigenvalue weighted by Crippen LogP contribution is 2.32. The smallest absolute Gasteiger partial charge is 0.262 e. The van der Waals surface area contributed by atoms with Crippen LogP contribution in [0.2, 0.25) is 5.28 Å². The van der Waals surface area contributed by atoms with Crippen LogP contribution in [0.5, 0.6) is 11.5 Å². The Labute approximate surface area is 284 Å². The number of rotatable bonds is 12. The number of benzene rings is 5. The summed E-state index contributed by atoms with van der Waals surface area (Å²) in [6.07, 6.45) is 2.48. The van der Waals surface area contributed by atoms with Crippen molar-refractivity contribution in [3.8, 4) is 22.8 Å². The molecule has 5 aromatic carbocycles. The van der Waals surface area contributed by atoms with Crippen LogP contribution in [-0.4, -0.2) is 22.2 Å². The van der Waals surface area contributed by atoms with Gasteiger partial charge in [0.05, 0.1) is 17.8 Å². The maximum absolute atomic E-state index is 14.6. The van der Waals surface area contributed by atoms with Crippen LogP contribution >= 0.6 is 11.6 Å². The van der Waals surface area contributed by atoms with Gasteiger partial charge < -0.3 is 14.4 Å². The number of nitrogens with zero attached hydrogens (tertiary/aromatic N) is 3. The van der Waals surface area contributed by atoms with Crippen molar-refractivity contribution >= 4 is 29.5 Å². The van der Waals surface area contributed by atoms with E-state index in [1.807, 2.05) is 104 Å². The van der Waals surface area contributed by atoms with Crippen LogP contribution in [0.1, 0.15) is 43.0 Å². The van der Waals surface area contributed by atoms with E-state index in [2.05, 4.69) is 9.97 Å². The molecule has 6 rings (SSSR count). The molecule has 0 spiro atoms. The second-order valence-corrected chi connectivity index (χ2v) is 11.5. The van der Waals surface area contributed by atoms with E-state index in [9.17, 15) is 9.59 Å². The predicted molar refractivity (Wildman–Crippen MR) is 188 cm³/mol. The third kappa shape index (κ3) is 7.94. The summed E-state index contributed by atoms with van der Waals surface area (Å²) >= 11 is 6.09. The molecule has 0 saturated carbocycles. The highest BCUT2D eigenvalue weighted by molar-refractivity contribution is 6.28. The van der Waals surface area contributed by atoms with E-state index < -0.39 is 0 Å². The summed E-state index contributed by atoms with van der Waals surface area (Å²) in [4.78, 5) is 36.0. The van der Waals surface area contributed by atoms with Crippen molar-refractivity contribution in [2.75, 3.05) is 4.90 Å². The van der Waals surface area contributed by atoms with E-state index in [-0.39, 0.29) is 24.3 Å². The molecule has 0 atom stereocenters. The Hall–Kier alpha value is -5.79. The van der Waals surface area contributed by atoms with Gasteiger partial charge in [0, 0.05) is 29.1 Å². The van der Waals surface area contributed by atoms with Gasteiger partial charge in [-0.25, -0.2) is 9.97 Å². The van der Waals surface area contributed by atoms with E-state index >= 15 is 0 Å². The summed E-state index contributed by atoms with van der Waals surface area (Å²) in [6.45, 7) is 2.81. The zero-order valence-corrected chi connectivity index (χ0v) is 27.0. The van der Waals surface area contributed by atoms with Crippen molar-refractivity contribution in [2.45, 2.75) is 26.7 Å². The molecule has 0 N–H and O–H groups in total. The molecule has 8 heteroatoms. The Kier molecular flexibility index (Phi) is 10.2. The highest BCUT2D eigenvalue weighted by atomic mass is 35.5. The fourth-order valence-corrected chi connectivity index (χ4v) is 5.32. The molecule has 1 amide bonds. The number of halogens is 1. The van der Waals surface area contributed by atoms with E-state index in [4.69, 9.17) is 21.1 Å². The number of hydrogen-bond acceptors (Lipinski definition) is 6. The van der Waals surface area contributed by atoms with Crippen LogP contribution in [0.4, 0.5) is 5.69 Å². The van der Waals surface area contributed by atoms with Gasteiger partial charge in [0.15, 0.2) is 0 Å². The SMILES string of the molecule is Cc1cnc(Cl)nc1-c1ccc(N(Cc2ccc(C=O)cc2)C(=O)c2ccc(OCc3ccccc3)cc2OCc2ccccc2)cc1. The van der Waals surface area contributed by atoms with Crippen LogP contribution < -0.4 is 14.4 Å². The predicted octanol–water partition coefficient (Wildman–Crippen LogP) is 8.92. The lowest BCUT2D eigenvalue weighted by molar-refractivity contribution is 0.0980. The minimum Gasteiger partial charge on any atom is -0.489 e. The lowest BCUT2D eigenvalue weighted by atomic mass is 10.1. The lowest BCUT2D eigenvalue weighted by Crippen LogP contribution is -2.30. The second-order valence-electron chi connectivity index (χ2n) is 11.2. The topological polar surface area (TPSA) is 81.6 Å². The maximum Gasteiger partial charge on any atom is 0.262 e. The molecule has 238 valence electrons. The third-order valence-electron chi connectivity index (χ3n) is 7.77. The average molecular weight is 654 g/mol. The van der Waals surface area contributed by atoms with Crippen LogP contribution in [0.3, 0.4) is 0 Å².